The normalized spacial score (nSPS) is 12.5. The summed E-state index contributed by atoms with van der Waals surface area (Å²) in [7, 11) is 0. The van der Waals surface area contributed by atoms with Crippen LogP contribution in [0, 0.1) is 5.92 Å². The highest BCUT2D eigenvalue weighted by molar-refractivity contribution is 5.99. The summed E-state index contributed by atoms with van der Waals surface area (Å²) in [6.45, 7) is 6.13. The van der Waals surface area contributed by atoms with Crippen LogP contribution in [-0.2, 0) is 0 Å². The van der Waals surface area contributed by atoms with Gasteiger partial charge in [0, 0.05) is 11.7 Å². The van der Waals surface area contributed by atoms with Gasteiger partial charge in [0.2, 0.25) is 0 Å². The van der Waals surface area contributed by atoms with Crippen molar-refractivity contribution in [3.8, 4) is 0 Å². The molecule has 0 aromatic heterocycles. The highest BCUT2D eigenvalue weighted by atomic mass is 16.1. The van der Waals surface area contributed by atoms with Crippen molar-refractivity contribution in [2.75, 3.05) is 5.73 Å². The molecule has 0 bridgehead atoms. The summed E-state index contributed by atoms with van der Waals surface area (Å²) in [5.41, 5.74) is 6.78. The third kappa shape index (κ3) is 2.98. The molecule has 0 saturated carbocycles. The van der Waals surface area contributed by atoms with E-state index in [1.54, 1.807) is 12.1 Å². The number of hydrogen-bond donors (Lipinski definition) is 2. The van der Waals surface area contributed by atoms with Crippen LogP contribution in [-0.4, -0.2) is 11.9 Å². The zero-order valence-electron chi connectivity index (χ0n) is 9.45. The van der Waals surface area contributed by atoms with Gasteiger partial charge in [0.15, 0.2) is 0 Å². The number of nitrogens with one attached hydrogen (secondary N) is 1. The van der Waals surface area contributed by atoms with E-state index in [9.17, 15) is 4.79 Å². The lowest BCUT2D eigenvalue weighted by Gasteiger charge is -2.17. The van der Waals surface area contributed by atoms with Gasteiger partial charge in [-0.15, -0.1) is 0 Å². The average Bonchev–Trinajstić information content (AvgIpc) is 2.18. The van der Waals surface area contributed by atoms with E-state index in [1.807, 2.05) is 19.1 Å². The van der Waals surface area contributed by atoms with E-state index in [1.165, 1.54) is 0 Å². The maximum atomic E-state index is 11.8. The van der Waals surface area contributed by atoms with E-state index in [0.29, 0.717) is 17.2 Å². The Bertz CT molecular complexity index is 347. The van der Waals surface area contributed by atoms with Crippen molar-refractivity contribution in [3.63, 3.8) is 0 Å². The van der Waals surface area contributed by atoms with E-state index < -0.39 is 0 Å². The molecule has 0 aliphatic carbocycles. The summed E-state index contributed by atoms with van der Waals surface area (Å²) in [5, 5.41) is 2.92. The number of rotatable bonds is 3. The fraction of sp³-hybridized carbons (Fsp3) is 0.417. The van der Waals surface area contributed by atoms with Crippen molar-refractivity contribution in [2.24, 2.45) is 5.92 Å². The summed E-state index contributed by atoms with van der Waals surface area (Å²) >= 11 is 0. The first-order chi connectivity index (χ1) is 7.02. The molecule has 0 radical (unpaired) electrons. The second kappa shape index (κ2) is 4.82. The maximum Gasteiger partial charge on any atom is 0.253 e. The van der Waals surface area contributed by atoms with Gasteiger partial charge in [-0.25, -0.2) is 0 Å². The van der Waals surface area contributed by atoms with Crippen molar-refractivity contribution in [2.45, 2.75) is 26.8 Å². The van der Waals surface area contributed by atoms with E-state index in [-0.39, 0.29) is 11.9 Å². The third-order valence-corrected chi connectivity index (χ3v) is 2.56. The van der Waals surface area contributed by atoms with Gasteiger partial charge in [-0.2, -0.15) is 0 Å². The topological polar surface area (TPSA) is 55.1 Å². The second-order valence-electron chi connectivity index (χ2n) is 4.09. The van der Waals surface area contributed by atoms with Crippen LogP contribution in [0.5, 0.6) is 0 Å². The first-order valence-corrected chi connectivity index (χ1v) is 5.17. The van der Waals surface area contributed by atoms with Crippen LogP contribution in [0.1, 0.15) is 31.1 Å². The molecular weight excluding hydrogens is 188 g/mol. The molecule has 3 N–H and O–H groups in total. The number of anilines is 1. The van der Waals surface area contributed by atoms with Crippen molar-refractivity contribution < 1.29 is 4.79 Å². The Morgan fingerprint density at radius 2 is 1.87 bits per heavy atom. The lowest BCUT2D eigenvalue weighted by Crippen LogP contribution is -2.36. The number of benzene rings is 1. The van der Waals surface area contributed by atoms with Gasteiger partial charge < -0.3 is 11.1 Å². The molecule has 3 heteroatoms. The van der Waals surface area contributed by atoms with Gasteiger partial charge in [0.05, 0.1) is 5.56 Å². The Morgan fingerprint density at radius 1 is 1.27 bits per heavy atom. The Labute approximate surface area is 90.7 Å². The lowest BCUT2D eigenvalue weighted by atomic mass is 10.1. The quantitative estimate of drug-likeness (QED) is 0.744. The van der Waals surface area contributed by atoms with Crippen molar-refractivity contribution >= 4 is 11.6 Å². The second-order valence-corrected chi connectivity index (χ2v) is 4.09. The molecule has 0 spiro atoms. The van der Waals surface area contributed by atoms with Gasteiger partial charge in [0.25, 0.3) is 5.91 Å². The van der Waals surface area contributed by atoms with Gasteiger partial charge in [-0.1, -0.05) is 26.0 Å². The van der Waals surface area contributed by atoms with E-state index in [4.69, 9.17) is 5.73 Å². The summed E-state index contributed by atoms with van der Waals surface area (Å²) in [4.78, 5) is 11.8. The minimum Gasteiger partial charge on any atom is -0.398 e. The standard InChI is InChI=1S/C12H18N2O/c1-8(2)9(3)14-12(15)10-6-4-5-7-11(10)13/h4-9H,13H2,1-3H3,(H,14,15). The van der Waals surface area contributed by atoms with Crippen LogP contribution in [0.3, 0.4) is 0 Å². The molecule has 15 heavy (non-hydrogen) atoms. The molecule has 1 aromatic carbocycles. The monoisotopic (exact) mass is 206 g/mol. The molecule has 1 rings (SSSR count). The highest BCUT2D eigenvalue weighted by Crippen LogP contribution is 2.11. The minimum absolute atomic E-state index is 0.102. The first-order valence-electron chi connectivity index (χ1n) is 5.17. The van der Waals surface area contributed by atoms with Gasteiger partial charge in [-0.3, -0.25) is 4.79 Å². The lowest BCUT2D eigenvalue weighted by molar-refractivity contribution is 0.0931. The molecule has 1 aromatic rings. The predicted molar refractivity (Wildman–Crippen MR) is 62.6 cm³/mol. The highest BCUT2D eigenvalue weighted by Gasteiger charge is 2.13. The van der Waals surface area contributed by atoms with E-state index in [2.05, 4.69) is 19.2 Å². The largest absolute Gasteiger partial charge is 0.398 e. The Kier molecular flexibility index (Phi) is 3.72. The molecule has 0 aliphatic heterocycles. The summed E-state index contributed by atoms with van der Waals surface area (Å²) in [6.07, 6.45) is 0. The number of nitrogen functional groups attached to an aromatic ring is 1. The van der Waals surface area contributed by atoms with Crippen LogP contribution in [0.4, 0.5) is 5.69 Å². The van der Waals surface area contributed by atoms with Gasteiger partial charge in [-0.05, 0) is 25.0 Å². The van der Waals surface area contributed by atoms with Crippen LogP contribution >= 0.6 is 0 Å². The summed E-state index contributed by atoms with van der Waals surface area (Å²) in [6, 6.07) is 7.24. The minimum atomic E-state index is -0.102. The Morgan fingerprint density at radius 3 is 2.40 bits per heavy atom. The Balaban J connectivity index is 2.74. The maximum absolute atomic E-state index is 11.8. The van der Waals surface area contributed by atoms with E-state index in [0.717, 1.165) is 0 Å². The smallest absolute Gasteiger partial charge is 0.253 e. The van der Waals surface area contributed by atoms with Crippen molar-refractivity contribution in [1.29, 1.82) is 0 Å². The number of amides is 1. The van der Waals surface area contributed by atoms with Crippen molar-refractivity contribution in [3.05, 3.63) is 29.8 Å². The SMILES string of the molecule is CC(C)C(C)NC(=O)c1ccccc1N. The van der Waals surface area contributed by atoms with Crippen LogP contribution in [0.15, 0.2) is 24.3 Å². The number of carbonyl (C=O) groups excluding carboxylic acids is 1. The van der Waals surface area contributed by atoms with Gasteiger partial charge >= 0.3 is 0 Å². The molecular formula is C12H18N2O. The Hall–Kier alpha value is -1.51. The van der Waals surface area contributed by atoms with E-state index >= 15 is 0 Å². The molecule has 0 fully saturated rings. The van der Waals surface area contributed by atoms with Gasteiger partial charge in [0.1, 0.15) is 0 Å². The fourth-order valence-corrected chi connectivity index (χ4v) is 1.15. The number of carbonyl (C=O) groups is 1. The molecule has 1 amide bonds. The molecule has 1 unspecified atom stereocenters. The molecule has 0 heterocycles. The molecule has 1 atom stereocenters. The summed E-state index contributed by atoms with van der Waals surface area (Å²) in [5.74, 6) is 0.313. The molecule has 3 nitrogen and oxygen atoms in total. The number of hydrogen-bond acceptors (Lipinski definition) is 2. The first kappa shape index (κ1) is 11.6. The zero-order chi connectivity index (χ0) is 11.4. The average molecular weight is 206 g/mol. The van der Waals surface area contributed by atoms with Crippen LogP contribution in [0.2, 0.25) is 0 Å². The summed E-state index contributed by atoms with van der Waals surface area (Å²) < 4.78 is 0. The van der Waals surface area contributed by atoms with Crippen molar-refractivity contribution in [1.82, 2.24) is 5.32 Å². The van der Waals surface area contributed by atoms with Crippen LogP contribution < -0.4 is 11.1 Å². The van der Waals surface area contributed by atoms with Crippen LogP contribution in [0.25, 0.3) is 0 Å². The zero-order valence-corrected chi connectivity index (χ0v) is 9.45. The molecule has 0 saturated heterocycles. The third-order valence-electron chi connectivity index (χ3n) is 2.56. The predicted octanol–water partition coefficient (Wildman–Crippen LogP) is 2.04. The number of para-hydroxylation sites is 1. The molecule has 82 valence electrons. The number of nitrogens with two attached hydrogens (primary N) is 1. The fourth-order valence-electron chi connectivity index (χ4n) is 1.15. The molecule has 0 aliphatic rings.